The second kappa shape index (κ2) is 9.07. The maximum absolute atomic E-state index is 14.0. The molecule has 148 valence electrons. The van der Waals surface area contributed by atoms with Crippen molar-refractivity contribution in [2.24, 2.45) is 0 Å². The first-order valence-electron chi connectivity index (χ1n) is 8.97. The highest BCUT2D eigenvalue weighted by Crippen LogP contribution is 2.31. The minimum absolute atomic E-state index is 0.0805. The van der Waals surface area contributed by atoms with E-state index in [9.17, 15) is 13.6 Å². The van der Waals surface area contributed by atoms with Crippen LogP contribution in [0.25, 0.3) is 10.2 Å². The molecule has 0 spiro atoms. The van der Waals surface area contributed by atoms with E-state index in [1.807, 2.05) is 44.4 Å². The third-order valence-electron chi connectivity index (χ3n) is 4.10. The molecule has 0 aliphatic carbocycles. The molecule has 0 fully saturated rings. The summed E-state index contributed by atoms with van der Waals surface area (Å²) in [5, 5.41) is 0.366. The van der Waals surface area contributed by atoms with Crippen LogP contribution >= 0.6 is 11.3 Å². The van der Waals surface area contributed by atoms with E-state index in [1.54, 1.807) is 0 Å². The molecule has 5 nitrogen and oxygen atoms in total. The largest absolute Gasteiger partial charge is 0.493 e. The Morgan fingerprint density at radius 1 is 1.21 bits per heavy atom. The first kappa shape index (κ1) is 20.2. The Hall–Kier alpha value is -2.58. The molecule has 2 aromatic carbocycles. The topological polar surface area (TPSA) is 46.9 Å². The summed E-state index contributed by atoms with van der Waals surface area (Å²) >= 11 is 1.11. The van der Waals surface area contributed by atoms with Crippen molar-refractivity contribution in [1.29, 1.82) is 0 Å². The van der Waals surface area contributed by atoms with Crippen LogP contribution in [0, 0.1) is 11.6 Å². The zero-order valence-electron chi connectivity index (χ0n) is 15.7. The average molecular weight is 406 g/mol. The number of hydrogen-bond donors (Lipinski definition) is 1. The van der Waals surface area contributed by atoms with Crippen molar-refractivity contribution in [2.45, 2.75) is 6.42 Å². The minimum Gasteiger partial charge on any atom is -0.493 e. The Morgan fingerprint density at radius 3 is 2.68 bits per heavy atom. The van der Waals surface area contributed by atoms with E-state index >= 15 is 0 Å². The van der Waals surface area contributed by atoms with Gasteiger partial charge in [-0.1, -0.05) is 29.5 Å². The third-order valence-corrected chi connectivity index (χ3v) is 5.12. The summed E-state index contributed by atoms with van der Waals surface area (Å²) < 4.78 is 33.5. The number of ether oxygens (including phenoxy) is 1. The number of anilines is 1. The summed E-state index contributed by atoms with van der Waals surface area (Å²) in [6.07, 6.45) is 0.157. The van der Waals surface area contributed by atoms with Crippen molar-refractivity contribution in [3.05, 3.63) is 54.1 Å². The average Bonchev–Trinajstić information content (AvgIpc) is 3.06. The van der Waals surface area contributed by atoms with Crippen molar-refractivity contribution >= 4 is 32.6 Å². The Balaban J connectivity index is 1.76. The number of hydrogen-bond acceptors (Lipinski definition) is 4. The van der Waals surface area contributed by atoms with Gasteiger partial charge in [-0.05, 0) is 18.2 Å². The standard InChI is InChI=1S/C20H21F2N3O2S/c1-24(2)9-10-25(18(26)8-11-27-15-6-4-3-5-7-15)20-23-19-16(22)12-14(21)13-17(19)28-20/h3-7,12-13H,8-11H2,1-2H3/p+1. The van der Waals surface area contributed by atoms with Gasteiger partial charge in [-0.15, -0.1) is 0 Å². The van der Waals surface area contributed by atoms with Crippen LogP contribution in [-0.4, -0.2) is 44.7 Å². The van der Waals surface area contributed by atoms with Crippen LogP contribution < -0.4 is 14.5 Å². The van der Waals surface area contributed by atoms with E-state index in [4.69, 9.17) is 4.74 Å². The number of aromatic nitrogens is 1. The fraction of sp³-hybridized carbons (Fsp3) is 0.300. The van der Waals surface area contributed by atoms with Crippen LogP contribution in [0.5, 0.6) is 5.75 Å². The molecule has 0 saturated heterocycles. The fourth-order valence-electron chi connectivity index (χ4n) is 2.63. The summed E-state index contributed by atoms with van der Waals surface area (Å²) in [4.78, 5) is 19.8. The van der Waals surface area contributed by atoms with Gasteiger partial charge in [0.05, 0.1) is 44.9 Å². The van der Waals surface area contributed by atoms with Crippen molar-refractivity contribution in [3.63, 3.8) is 0 Å². The molecule has 8 heteroatoms. The number of benzene rings is 2. The maximum Gasteiger partial charge on any atom is 0.232 e. The Labute approximate surface area is 166 Å². The molecule has 1 amide bonds. The molecular weight excluding hydrogens is 384 g/mol. The lowest BCUT2D eigenvalue weighted by atomic mass is 10.3. The lowest BCUT2D eigenvalue weighted by Gasteiger charge is -2.20. The number of nitrogens with one attached hydrogen (secondary N) is 1. The first-order valence-corrected chi connectivity index (χ1v) is 9.78. The Kier molecular flexibility index (Phi) is 6.53. The monoisotopic (exact) mass is 406 g/mol. The number of carbonyl (C=O) groups is 1. The second-order valence-electron chi connectivity index (χ2n) is 6.64. The third kappa shape index (κ3) is 5.02. The van der Waals surface area contributed by atoms with Gasteiger partial charge in [0.1, 0.15) is 17.1 Å². The molecule has 3 aromatic rings. The molecule has 0 atom stereocenters. The zero-order valence-corrected chi connectivity index (χ0v) is 16.6. The molecule has 0 saturated carbocycles. The van der Waals surface area contributed by atoms with Crippen molar-refractivity contribution in [3.8, 4) is 5.75 Å². The molecule has 0 bridgehead atoms. The predicted octanol–water partition coefficient (Wildman–Crippen LogP) is 2.52. The van der Waals surface area contributed by atoms with E-state index in [-0.39, 0.29) is 24.5 Å². The number of halogens is 2. The van der Waals surface area contributed by atoms with Crippen molar-refractivity contribution in [1.82, 2.24) is 4.98 Å². The van der Waals surface area contributed by atoms with Crippen LogP contribution in [0.15, 0.2) is 42.5 Å². The van der Waals surface area contributed by atoms with E-state index in [2.05, 4.69) is 4.98 Å². The predicted molar refractivity (Wildman–Crippen MR) is 106 cm³/mol. The second-order valence-corrected chi connectivity index (χ2v) is 7.65. The minimum atomic E-state index is -0.726. The van der Waals surface area contributed by atoms with Crippen LogP contribution in [0.4, 0.5) is 13.9 Å². The van der Waals surface area contributed by atoms with Gasteiger partial charge >= 0.3 is 0 Å². The number of nitrogens with zero attached hydrogens (tertiary/aromatic N) is 2. The molecular formula is C20H22F2N3O2S+. The normalized spacial score (nSPS) is 11.2. The molecule has 3 rings (SSSR count). The molecule has 0 aliphatic heterocycles. The Morgan fingerprint density at radius 2 is 1.96 bits per heavy atom. The van der Waals surface area contributed by atoms with E-state index in [0.29, 0.717) is 28.7 Å². The van der Waals surface area contributed by atoms with Gasteiger partial charge in [-0.25, -0.2) is 13.8 Å². The number of amides is 1. The number of thiazole rings is 1. The number of likely N-dealkylation sites (N-methyl/N-ethyl adjacent to an activating group) is 1. The van der Waals surface area contributed by atoms with Crippen LogP contribution in [0.2, 0.25) is 0 Å². The zero-order chi connectivity index (χ0) is 20.1. The SMILES string of the molecule is C[NH+](C)CCN(C(=O)CCOc1ccccc1)c1nc2c(F)cc(F)cc2s1. The quantitative estimate of drug-likeness (QED) is 0.625. The first-order chi connectivity index (χ1) is 13.4. The van der Waals surface area contributed by atoms with Gasteiger partial charge in [0, 0.05) is 6.07 Å². The van der Waals surface area contributed by atoms with E-state index in [0.717, 1.165) is 22.3 Å². The fourth-order valence-corrected chi connectivity index (χ4v) is 3.68. The summed E-state index contributed by atoms with van der Waals surface area (Å²) in [7, 11) is 3.96. The van der Waals surface area contributed by atoms with Gasteiger partial charge in [-0.2, -0.15) is 0 Å². The van der Waals surface area contributed by atoms with Crippen LogP contribution in [0.3, 0.4) is 0 Å². The molecule has 0 aliphatic rings. The van der Waals surface area contributed by atoms with Gasteiger partial charge in [0.25, 0.3) is 0 Å². The van der Waals surface area contributed by atoms with Crippen molar-refractivity contribution < 1.29 is 23.2 Å². The molecule has 1 N–H and O–H groups in total. The smallest absolute Gasteiger partial charge is 0.232 e. The summed E-state index contributed by atoms with van der Waals surface area (Å²) in [6, 6.07) is 11.3. The highest BCUT2D eigenvalue weighted by Gasteiger charge is 2.22. The summed E-state index contributed by atoms with van der Waals surface area (Å²) in [5.74, 6) is -0.864. The van der Waals surface area contributed by atoms with Gasteiger partial charge in [0.15, 0.2) is 10.9 Å². The lowest BCUT2D eigenvalue weighted by Crippen LogP contribution is -3.06. The molecule has 1 heterocycles. The Bertz CT molecular complexity index is 947. The molecule has 1 aromatic heterocycles. The summed E-state index contributed by atoms with van der Waals surface area (Å²) in [6.45, 7) is 1.34. The highest BCUT2D eigenvalue weighted by molar-refractivity contribution is 7.22. The number of para-hydroxylation sites is 1. The number of fused-ring (bicyclic) bond motifs is 1. The van der Waals surface area contributed by atoms with Crippen LogP contribution in [0.1, 0.15) is 6.42 Å². The summed E-state index contributed by atoms with van der Waals surface area (Å²) in [5.41, 5.74) is 0.0805. The maximum atomic E-state index is 14.0. The van der Waals surface area contributed by atoms with Crippen LogP contribution in [-0.2, 0) is 4.79 Å². The highest BCUT2D eigenvalue weighted by atomic mass is 32.1. The molecule has 0 radical (unpaired) electrons. The van der Waals surface area contributed by atoms with Crippen molar-refractivity contribution in [2.75, 3.05) is 38.7 Å². The lowest BCUT2D eigenvalue weighted by molar-refractivity contribution is -0.856. The van der Waals surface area contributed by atoms with Gasteiger partial charge in [-0.3, -0.25) is 9.69 Å². The van der Waals surface area contributed by atoms with E-state index < -0.39 is 11.6 Å². The number of quaternary nitrogens is 1. The van der Waals surface area contributed by atoms with Gasteiger partial charge < -0.3 is 9.64 Å². The van der Waals surface area contributed by atoms with E-state index in [1.165, 1.54) is 11.0 Å². The van der Waals surface area contributed by atoms with Gasteiger partial charge in [0.2, 0.25) is 5.91 Å². The molecule has 0 unspecified atom stereocenters. The molecule has 28 heavy (non-hydrogen) atoms. The number of rotatable bonds is 8. The number of carbonyl (C=O) groups excluding carboxylic acids is 1.